The zero-order valence-corrected chi connectivity index (χ0v) is 16.0. The van der Waals surface area contributed by atoms with Gasteiger partial charge in [-0.15, -0.1) is 0 Å². The summed E-state index contributed by atoms with van der Waals surface area (Å²) < 4.78 is 5.52. The van der Waals surface area contributed by atoms with Gasteiger partial charge in [-0.25, -0.2) is 9.97 Å². The van der Waals surface area contributed by atoms with Crippen LogP contribution in [0.4, 0.5) is 11.5 Å². The highest BCUT2D eigenvalue weighted by atomic mass is 35.5. The van der Waals surface area contributed by atoms with Gasteiger partial charge < -0.3 is 20.1 Å². The van der Waals surface area contributed by atoms with Crippen LogP contribution in [0.25, 0.3) is 0 Å². The molecule has 0 aromatic carbocycles. The van der Waals surface area contributed by atoms with Crippen LogP contribution in [-0.2, 0) is 14.3 Å². The minimum Gasteiger partial charge on any atom is -0.394 e. The van der Waals surface area contributed by atoms with Gasteiger partial charge in [0, 0.05) is 13.8 Å². The van der Waals surface area contributed by atoms with E-state index < -0.39 is 54.8 Å². The Morgan fingerprint density at radius 1 is 1.14 bits per heavy atom. The van der Waals surface area contributed by atoms with Gasteiger partial charge in [0.25, 0.3) is 0 Å². The zero-order valence-electron chi connectivity index (χ0n) is 15.2. The molecule has 0 bridgehead atoms. The van der Waals surface area contributed by atoms with Crippen LogP contribution in [0.15, 0.2) is 0 Å². The number of hydrogen-bond donors (Lipinski definition) is 3. The number of nitrogens with zero attached hydrogens (tertiary/aromatic N) is 4. The quantitative estimate of drug-likeness (QED) is 0.407. The number of aliphatic hydroxyl groups excluding tert-OH is 3. The number of carbonyl (C=O) groups excluding carboxylic acids is 3. The zero-order chi connectivity index (χ0) is 20.9. The molecule has 2 aliphatic heterocycles. The van der Waals surface area contributed by atoms with Gasteiger partial charge in [0.1, 0.15) is 24.0 Å². The summed E-state index contributed by atoms with van der Waals surface area (Å²) in [6.07, 6.45) is -6.73. The molecule has 1 aromatic rings. The molecule has 0 radical (unpaired) electrons. The third-order valence-electron chi connectivity index (χ3n) is 4.63. The lowest BCUT2D eigenvalue weighted by molar-refractivity contribution is -0.123. The van der Waals surface area contributed by atoms with Gasteiger partial charge in [0.05, 0.1) is 6.61 Å². The van der Waals surface area contributed by atoms with Crippen LogP contribution in [0.2, 0.25) is 5.15 Å². The Kier molecular flexibility index (Phi) is 5.38. The van der Waals surface area contributed by atoms with Gasteiger partial charge in [0.15, 0.2) is 40.8 Å². The second kappa shape index (κ2) is 7.33. The summed E-state index contributed by atoms with van der Waals surface area (Å²) in [5, 5.41) is 29.6. The molecule has 1 unspecified atom stereocenters. The highest BCUT2D eigenvalue weighted by Crippen LogP contribution is 2.45. The van der Waals surface area contributed by atoms with Crippen molar-refractivity contribution in [2.24, 2.45) is 0 Å². The van der Waals surface area contributed by atoms with Crippen molar-refractivity contribution in [2.45, 2.75) is 51.5 Å². The van der Waals surface area contributed by atoms with Crippen LogP contribution in [0, 0.1) is 0 Å². The van der Waals surface area contributed by atoms with Gasteiger partial charge in [-0.2, -0.15) is 0 Å². The number of Topliss-reactive ketones (excluding diaryl/α,β-unsaturated/α-hetero) is 2. The van der Waals surface area contributed by atoms with Crippen molar-refractivity contribution in [3.05, 3.63) is 11.0 Å². The molecule has 5 atom stereocenters. The molecule has 11 nitrogen and oxygen atoms in total. The van der Waals surface area contributed by atoms with Crippen LogP contribution in [0.5, 0.6) is 0 Å². The Balaban J connectivity index is 2.22. The molecule has 1 saturated heterocycles. The number of fused-ring (bicyclic) bond motifs is 1. The maximum Gasteiger partial charge on any atom is 0.226 e. The molecule has 3 N–H and O–H groups in total. The van der Waals surface area contributed by atoms with Gasteiger partial charge >= 0.3 is 0 Å². The Labute approximate surface area is 164 Å². The largest absolute Gasteiger partial charge is 0.394 e. The smallest absolute Gasteiger partial charge is 0.226 e. The van der Waals surface area contributed by atoms with Crippen LogP contribution < -0.4 is 9.80 Å². The Hall–Kier alpha value is -2.18. The number of ether oxygens (including phenoxy) is 1. The van der Waals surface area contributed by atoms with Crippen LogP contribution in [-0.4, -0.2) is 80.1 Å². The predicted octanol–water partition coefficient (Wildman–Crippen LogP) is -1.14. The summed E-state index contributed by atoms with van der Waals surface area (Å²) in [6, 6.07) is 0. The molecule has 1 fully saturated rings. The minimum absolute atomic E-state index is 0.0166. The SMILES string of the molecule is CC(=O)c1nc(Cl)c2c(n1)N([C@@H]1O[C@H](CO)[C@@H](O)[C@H]1O)C(C(C)=O)N2C(C)=O. The summed E-state index contributed by atoms with van der Waals surface area (Å²) in [6.45, 7) is 3.05. The van der Waals surface area contributed by atoms with E-state index >= 15 is 0 Å². The number of amides is 1. The number of rotatable bonds is 4. The fraction of sp³-hybridized carbons (Fsp3) is 0.562. The van der Waals surface area contributed by atoms with Gasteiger partial charge in [-0.05, 0) is 6.92 Å². The first-order valence-electron chi connectivity index (χ1n) is 8.39. The molecule has 1 aromatic heterocycles. The number of aromatic nitrogens is 2. The highest BCUT2D eigenvalue weighted by Gasteiger charge is 2.54. The van der Waals surface area contributed by atoms with Gasteiger partial charge in [-0.1, -0.05) is 11.6 Å². The second-order valence-electron chi connectivity index (χ2n) is 6.58. The lowest BCUT2D eigenvalue weighted by atomic mass is 10.1. The van der Waals surface area contributed by atoms with Crippen molar-refractivity contribution in [3.8, 4) is 0 Å². The van der Waals surface area contributed by atoms with Crippen molar-refractivity contribution in [3.63, 3.8) is 0 Å². The van der Waals surface area contributed by atoms with Crippen molar-refractivity contribution >= 4 is 40.6 Å². The molecule has 0 saturated carbocycles. The first kappa shape index (κ1) is 20.6. The van der Waals surface area contributed by atoms with Crippen LogP contribution in [0.3, 0.4) is 0 Å². The van der Waals surface area contributed by atoms with Crippen molar-refractivity contribution in [2.75, 3.05) is 16.4 Å². The topological polar surface area (TPSA) is 153 Å². The first-order valence-corrected chi connectivity index (χ1v) is 8.77. The van der Waals surface area contributed by atoms with Crippen molar-refractivity contribution in [1.82, 2.24) is 9.97 Å². The number of carbonyl (C=O) groups is 3. The lowest BCUT2D eigenvalue weighted by Gasteiger charge is -2.33. The van der Waals surface area contributed by atoms with E-state index in [1.165, 1.54) is 25.7 Å². The van der Waals surface area contributed by atoms with Crippen molar-refractivity contribution in [1.29, 1.82) is 0 Å². The van der Waals surface area contributed by atoms with E-state index in [9.17, 15) is 29.7 Å². The summed E-state index contributed by atoms with van der Waals surface area (Å²) in [7, 11) is 0. The Bertz CT molecular complexity index is 851. The average Bonchev–Trinajstić information content (AvgIpc) is 3.10. The molecule has 12 heteroatoms. The number of aliphatic hydroxyl groups is 3. The average molecular weight is 415 g/mol. The molecule has 3 rings (SSSR count). The maximum absolute atomic E-state index is 12.4. The van der Waals surface area contributed by atoms with Gasteiger partial charge in [-0.3, -0.25) is 24.2 Å². The summed E-state index contributed by atoms with van der Waals surface area (Å²) >= 11 is 6.19. The van der Waals surface area contributed by atoms with E-state index in [2.05, 4.69) is 9.97 Å². The standard InChI is InChI=1S/C16H19ClN4O7/c1-5(23)13-18-12(17)9-14(19-13)21(15(6(2)24)20(9)7(3)25)16-11(27)10(26)8(4-22)28-16/h8,10-11,15-16,22,26-27H,4H2,1-3H3/t8-,10-,11-,15?,16-/m1/s1. The third-order valence-corrected chi connectivity index (χ3v) is 4.89. The Morgan fingerprint density at radius 3 is 2.25 bits per heavy atom. The second-order valence-corrected chi connectivity index (χ2v) is 6.93. The van der Waals surface area contributed by atoms with E-state index in [-0.39, 0.29) is 22.5 Å². The molecule has 1 amide bonds. The van der Waals surface area contributed by atoms with E-state index in [0.717, 1.165) is 4.90 Å². The molecule has 28 heavy (non-hydrogen) atoms. The summed E-state index contributed by atoms with van der Waals surface area (Å²) in [5.74, 6) is -1.90. The number of anilines is 2. The predicted molar refractivity (Wildman–Crippen MR) is 94.9 cm³/mol. The van der Waals surface area contributed by atoms with Crippen LogP contribution >= 0.6 is 11.6 Å². The number of halogens is 1. The van der Waals surface area contributed by atoms with E-state index in [1.54, 1.807) is 0 Å². The maximum atomic E-state index is 12.4. The Morgan fingerprint density at radius 2 is 1.79 bits per heavy atom. The third kappa shape index (κ3) is 3.05. The molecular formula is C16H19ClN4O7. The molecule has 0 spiro atoms. The number of ketones is 2. The monoisotopic (exact) mass is 414 g/mol. The van der Waals surface area contributed by atoms with Gasteiger partial charge in [0.2, 0.25) is 5.91 Å². The fourth-order valence-corrected chi connectivity index (χ4v) is 3.66. The fourth-order valence-electron chi connectivity index (χ4n) is 3.40. The normalized spacial score (nSPS) is 29.2. The molecule has 3 heterocycles. The van der Waals surface area contributed by atoms with E-state index in [1.807, 2.05) is 0 Å². The van der Waals surface area contributed by atoms with E-state index in [0.29, 0.717) is 0 Å². The summed E-state index contributed by atoms with van der Waals surface area (Å²) in [5.41, 5.74) is -0.0166. The lowest BCUT2D eigenvalue weighted by Crippen LogP contribution is -2.56. The minimum atomic E-state index is -1.53. The highest BCUT2D eigenvalue weighted by molar-refractivity contribution is 6.34. The molecule has 0 aliphatic carbocycles. The van der Waals surface area contributed by atoms with E-state index in [4.69, 9.17) is 16.3 Å². The van der Waals surface area contributed by atoms with Crippen LogP contribution in [0.1, 0.15) is 31.4 Å². The first-order chi connectivity index (χ1) is 13.1. The molecule has 2 aliphatic rings. The molecule has 152 valence electrons. The number of hydrogen-bond acceptors (Lipinski definition) is 10. The summed E-state index contributed by atoms with van der Waals surface area (Å²) in [4.78, 5) is 46.7. The molecular weight excluding hydrogens is 396 g/mol. The van der Waals surface area contributed by atoms with Crippen molar-refractivity contribution < 1.29 is 34.4 Å².